The lowest BCUT2D eigenvalue weighted by Gasteiger charge is -2.31. The molecule has 1 amide bonds. The van der Waals surface area contributed by atoms with Crippen LogP contribution in [0.25, 0.3) is 0 Å². The van der Waals surface area contributed by atoms with Crippen LogP contribution in [0.1, 0.15) is 41.0 Å². The molecule has 0 aromatic carbocycles. The van der Waals surface area contributed by atoms with Gasteiger partial charge >= 0.3 is 0 Å². The van der Waals surface area contributed by atoms with E-state index in [2.05, 4.69) is 13.8 Å². The van der Waals surface area contributed by atoms with Crippen molar-refractivity contribution >= 4 is 5.91 Å². The maximum atomic E-state index is 12.0. The molecule has 14 heavy (non-hydrogen) atoms. The van der Waals surface area contributed by atoms with Gasteiger partial charge in [0, 0.05) is 18.6 Å². The van der Waals surface area contributed by atoms with Gasteiger partial charge in [0.25, 0.3) is 0 Å². The van der Waals surface area contributed by atoms with Crippen molar-refractivity contribution in [2.24, 2.45) is 11.7 Å². The van der Waals surface area contributed by atoms with Crippen LogP contribution >= 0.6 is 0 Å². The van der Waals surface area contributed by atoms with Crippen LogP contribution in [0.4, 0.5) is 0 Å². The first-order chi connectivity index (χ1) is 6.45. The van der Waals surface area contributed by atoms with Gasteiger partial charge in [-0.05, 0) is 27.2 Å². The van der Waals surface area contributed by atoms with Crippen molar-refractivity contribution < 1.29 is 4.79 Å². The number of rotatable bonds is 5. The molecule has 3 unspecified atom stereocenters. The highest BCUT2D eigenvalue weighted by atomic mass is 16.2. The molecule has 0 heterocycles. The van der Waals surface area contributed by atoms with Crippen LogP contribution in [-0.2, 0) is 4.79 Å². The monoisotopic (exact) mass is 200 g/mol. The Hall–Kier alpha value is -0.570. The van der Waals surface area contributed by atoms with Crippen LogP contribution in [0.3, 0.4) is 0 Å². The fraction of sp³-hybridized carbons (Fsp3) is 0.909. The molecule has 3 heteroatoms. The quantitative estimate of drug-likeness (QED) is 0.733. The minimum atomic E-state index is -0.0797. The smallest absolute Gasteiger partial charge is 0.227 e. The zero-order chi connectivity index (χ0) is 11.3. The maximum absolute atomic E-state index is 12.0. The second-order valence-electron chi connectivity index (χ2n) is 4.03. The van der Waals surface area contributed by atoms with Crippen LogP contribution in [0.2, 0.25) is 0 Å². The first kappa shape index (κ1) is 13.4. The Kier molecular flexibility index (Phi) is 5.77. The standard InChI is InChI=1S/C11H24N2O/c1-6-8(3)13(7-2)11(14)9(4)10(5)12/h8-10H,6-7,12H2,1-5H3. The Bertz CT molecular complexity index is 180. The van der Waals surface area contributed by atoms with Crippen LogP contribution in [0.15, 0.2) is 0 Å². The summed E-state index contributed by atoms with van der Waals surface area (Å²) in [5.74, 6) is 0.0980. The van der Waals surface area contributed by atoms with Crippen molar-refractivity contribution in [1.82, 2.24) is 4.90 Å². The predicted octanol–water partition coefficient (Wildman–Crippen LogP) is 1.62. The Balaban J connectivity index is 4.45. The molecular weight excluding hydrogens is 176 g/mol. The van der Waals surface area contributed by atoms with Crippen LogP contribution < -0.4 is 5.73 Å². The summed E-state index contributed by atoms with van der Waals surface area (Å²) < 4.78 is 0. The molecule has 3 nitrogen and oxygen atoms in total. The van der Waals surface area contributed by atoms with Crippen molar-refractivity contribution in [1.29, 1.82) is 0 Å². The molecule has 0 bridgehead atoms. The fourth-order valence-corrected chi connectivity index (χ4v) is 1.39. The van der Waals surface area contributed by atoms with Gasteiger partial charge in [0.15, 0.2) is 0 Å². The van der Waals surface area contributed by atoms with E-state index in [-0.39, 0.29) is 17.9 Å². The van der Waals surface area contributed by atoms with Crippen molar-refractivity contribution in [3.8, 4) is 0 Å². The minimum Gasteiger partial charge on any atom is -0.340 e. The van der Waals surface area contributed by atoms with Gasteiger partial charge < -0.3 is 10.6 Å². The number of nitrogens with zero attached hydrogens (tertiary/aromatic N) is 1. The topological polar surface area (TPSA) is 46.3 Å². The highest BCUT2D eigenvalue weighted by Crippen LogP contribution is 2.11. The highest BCUT2D eigenvalue weighted by Gasteiger charge is 2.24. The van der Waals surface area contributed by atoms with Gasteiger partial charge in [-0.2, -0.15) is 0 Å². The Morgan fingerprint density at radius 2 is 1.79 bits per heavy atom. The SMILES string of the molecule is CCC(C)N(CC)C(=O)C(C)C(C)N. The number of hydrogen-bond donors (Lipinski definition) is 1. The van der Waals surface area contributed by atoms with Gasteiger partial charge in [-0.1, -0.05) is 13.8 Å². The van der Waals surface area contributed by atoms with Crippen molar-refractivity contribution in [3.05, 3.63) is 0 Å². The van der Waals surface area contributed by atoms with Gasteiger partial charge in [-0.25, -0.2) is 0 Å². The van der Waals surface area contributed by atoms with Crippen LogP contribution in [-0.4, -0.2) is 29.4 Å². The summed E-state index contributed by atoms with van der Waals surface area (Å²) in [6.45, 7) is 10.7. The van der Waals surface area contributed by atoms with Crippen molar-refractivity contribution in [2.45, 2.75) is 53.1 Å². The second kappa shape index (κ2) is 6.02. The van der Waals surface area contributed by atoms with E-state index in [9.17, 15) is 4.79 Å². The van der Waals surface area contributed by atoms with E-state index in [4.69, 9.17) is 5.73 Å². The summed E-state index contributed by atoms with van der Waals surface area (Å²) in [5, 5.41) is 0. The Labute approximate surface area is 87.6 Å². The molecule has 0 spiro atoms. The molecule has 0 saturated carbocycles. The van der Waals surface area contributed by atoms with Crippen LogP contribution in [0.5, 0.6) is 0 Å². The molecule has 0 aliphatic carbocycles. The second-order valence-corrected chi connectivity index (χ2v) is 4.03. The molecule has 0 radical (unpaired) electrons. The molecule has 3 atom stereocenters. The number of nitrogens with two attached hydrogens (primary N) is 1. The van der Waals surface area contributed by atoms with E-state index >= 15 is 0 Å². The van der Waals surface area contributed by atoms with Crippen LogP contribution in [0, 0.1) is 5.92 Å². The van der Waals surface area contributed by atoms with Gasteiger partial charge in [0.2, 0.25) is 5.91 Å². The molecule has 0 aromatic rings. The van der Waals surface area contributed by atoms with Gasteiger partial charge in [-0.15, -0.1) is 0 Å². The zero-order valence-corrected chi connectivity index (χ0v) is 10.1. The lowest BCUT2D eigenvalue weighted by Crippen LogP contribution is -2.45. The lowest BCUT2D eigenvalue weighted by atomic mass is 10.0. The normalized spacial score (nSPS) is 17.3. The van der Waals surface area contributed by atoms with Gasteiger partial charge in [0.05, 0.1) is 5.92 Å². The largest absolute Gasteiger partial charge is 0.340 e. The molecule has 0 aliphatic rings. The summed E-state index contributed by atoms with van der Waals surface area (Å²) >= 11 is 0. The summed E-state index contributed by atoms with van der Waals surface area (Å²) in [6.07, 6.45) is 0.991. The van der Waals surface area contributed by atoms with Gasteiger partial charge in [-0.3, -0.25) is 4.79 Å². The molecular formula is C11H24N2O. The Morgan fingerprint density at radius 1 is 1.29 bits per heavy atom. The van der Waals surface area contributed by atoms with Gasteiger partial charge in [0.1, 0.15) is 0 Å². The first-order valence-corrected chi connectivity index (χ1v) is 5.51. The average Bonchev–Trinajstić information content (AvgIpc) is 2.16. The fourth-order valence-electron chi connectivity index (χ4n) is 1.39. The molecule has 0 saturated heterocycles. The third-order valence-electron chi connectivity index (χ3n) is 2.92. The number of carbonyl (C=O) groups is 1. The van der Waals surface area contributed by atoms with E-state index in [0.29, 0.717) is 6.04 Å². The van der Waals surface area contributed by atoms with E-state index in [0.717, 1.165) is 13.0 Å². The average molecular weight is 200 g/mol. The zero-order valence-electron chi connectivity index (χ0n) is 10.1. The third-order valence-corrected chi connectivity index (χ3v) is 2.92. The molecule has 0 aromatic heterocycles. The van der Waals surface area contributed by atoms with Crippen molar-refractivity contribution in [3.63, 3.8) is 0 Å². The van der Waals surface area contributed by atoms with E-state index in [1.54, 1.807) is 0 Å². The number of carbonyl (C=O) groups excluding carboxylic acids is 1. The number of hydrogen-bond acceptors (Lipinski definition) is 2. The molecule has 0 aliphatic heterocycles. The first-order valence-electron chi connectivity index (χ1n) is 5.51. The third kappa shape index (κ3) is 3.29. The number of amides is 1. The minimum absolute atomic E-state index is 0.0689. The summed E-state index contributed by atoms with van der Waals surface area (Å²) in [4.78, 5) is 13.9. The predicted molar refractivity (Wildman–Crippen MR) is 60.0 cm³/mol. The summed E-state index contributed by atoms with van der Waals surface area (Å²) in [5.41, 5.74) is 5.72. The lowest BCUT2D eigenvalue weighted by molar-refractivity contribution is -0.137. The Morgan fingerprint density at radius 3 is 2.07 bits per heavy atom. The van der Waals surface area contributed by atoms with E-state index in [1.165, 1.54) is 0 Å². The molecule has 84 valence electrons. The van der Waals surface area contributed by atoms with E-state index < -0.39 is 0 Å². The highest BCUT2D eigenvalue weighted by molar-refractivity contribution is 5.79. The maximum Gasteiger partial charge on any atom is 0.227 e. The molecule has 2 N–H and O–H groups in total. The molecule has 0 rings (SSSR count). The van der Waals surface area contributed by atoms with E-state index in [1.807, 2.05) is 25.7 Å². The summed E-state index contributed by atoms with van der Waals surface area (Å²) in [6, 6.07) is 0.245. The molecule has 0 fully saturated rings. The van der Waals surface area contributed by atoms with Crippen molar-refractivity contribution in [2.75, 3.05) is 6.54 Å². The summed E-state index contributed by atoms with van der Waals surface area (Å²) in [7, 11) is 0.